The van der Waals surface area contributed by atoms with Crippen molar-refractivity contribution in [3.8, 4) is 0 Å². The molecule has 1 aromatic rings. The van der Waals surface area contributed by atoms with Crippen LogP contribution >= 0.6 is 11.3 Å². The topological polar surface area (TPSA) is 96.5 Å². The lowest BCUT2D eigenvalue weighted by atomic mass is 9.92. The van der Waals surface area contributed by atoms with Crippen LogP contribution in [0.3, 0.4) is 0 Å². The minimum Gasteiger partial charge on any atom is -0.481 e. The molecule has 0 aliphatic carbocycles. The number of aliphatic carboxylic acids is 1. The fraction of sp³-hybridized carbons (Fsp3) is 0.583. The van der Waals surface area contributed by atoms with Crippen LogP contribution in [0, 0.1) is 5.92 Å². The highest BCUT2D eigenvalue weighted by Gasteiger charge is 2.24. The highest BCUT2D eigenvalue weighted by Crippen LogP contribution is 2.24. The van der Waals surface area contributed by atoms with Crippen LogP contribution in [0.15, 0.2) is 6.20 Å². The van der Waals surface area contributed by atoms with Gasteiger partial charge in [0.25, 0.3) is 5.91 Å². The molecule has 3 N–H and O–H groups in total. The molecule has 2 rings (SSSR count). The maximum absolute atomic E-state index is 12.1. The summed E-state index contributed by atoms with van der Waals surface area (Å²) < 4.78 is 0. The molecule has 1 aromatic heterocycles. The van der Waals surface area contributed by atoms with Gasteiger partial charge in [-0.1, -0.05) is 11.3 Å². The number of piperidine rings is 1. The van der Waals surface area contributed by atoms with Gasteiger partial charge in [0.15, 0.2) is 5.13 Å². The van der Waals surface area contributed by atoms with Crippen LogP contribution in [0.5, 0.6) is 0 Å². The minimum absolute atomic E-state index is 0.0223. The third-order valence-corrected chi connectivity index (χ3v) is 4.22. The average molecular weight is 283 g/mol. The SMILES string of the molecule is Nc1ncc(C(=O)N2CCC(CCC(=O)O)CC2)s1. The minimum atomic E-state index is -0.751. The van der Waals surface area contributed by atoms with Gasteiger partial charge in [-0.25, -0.2) is 4.98 Å². The Bertz CT molecular complexity index is 467. The zero-order chi connectivity index (χ0) is 13.8. The summed E-state index contributed by atoms with van der Waals surface area (Å²) in [7, 11) is 0. The van der Waals surface area contributed by atoms with Gasteiger partial charge in [-0.15, -0.1) is 0 Å². The predicted octanol–water partition coefficient (Wildman–Crippen LogP) is 1.44. The smallest absolute Gasteiger partial charge is 0.303 e. The van der Waals surface area contributed by atoms with Crippen molar-refractivity contribution in [1.29, 1.82) is 0 Å². The number of hydrogen-bond donors (Lipinski definition) is 2. The highest BCUT2D eigenvalue weighted by atomic mass is 32.1. The van der Waals surface area contributed by atoms with Gasteiger partial charge >= 0.3 is 5.97 Å². The molecular formula is C12H17N3O3S. The van der Waals surface area contributed by atoms with E-state index >= 15 is 0 Å². The first-order chi connectivity index (χ1) is 9.06. The molecule has 0 bridgehead atoms. The molecule has 0 atom stereocenters. The van der Waals surface area contributed by atoms with E-state index in [1.54, 1.807) is 4.90 Å². The van der Waals surface area contributed by atoms with Crippen molar-refractivity contribution in [2.75, 3.05) is 18.8 Å². The van der Waals surface area contributed by atoms with Crippen molar-refractivity contribution in [3.05, 3.63) is 11.1 Å². The fourth-order valence-electron chi connectivity index (χ4n) is 2.29. The van der Waals surface area contributed by atoms with Gasteiger partial charge in [-0.3, -0.25) is 9.59 Å². The molecule has 0 unspecified atom stereocenters. The molecule has 1 aliphatic heterocycles. The van der Waals surface area contributed by atoms with Crippen LogP contribution in [0.4, 0.5) is 5.13 Å². The summed E-state index contributed by atoms with van der Waals surface area (Å²) in [5.74, 6) is -0.365. The Morgan fingerprint density at radius 3 is 2.68 bits per heavy atom. The van der Waals surface area contributed by atoms with Crippen molar-refractivity contribution in [2.24, 2.45) is 5.92 Å². The van der Waals surface area contributed by atoms with Crippen LogP contribution in [-0.2, 0) is 4.79 Å². The molecule has 0 spiro atoms. The Morgan fingerprint density at radius 1 is 1.47 bits per heavy atom. The lowest BCUT2D eigenvalue weighted by Gasteiger charge is -2.31. The first-order valence-electron chi connectivity index (χ1n) is 6.28. The van der Waals surface area contributed by atoms with Crippen molar-refractivity contribution >= 4 is 28.3 Å². The summed E-state index contributed by atoms with van der Waals surface area (Å²) in [6.45, 7) is 1.36. The highest BCUT2D eigenvalue weighted by molar-refractivity contribution is 7.17. The quantitative estimate of drug-likeness (QED) is 0.871. The number of aromatic nitrogens is 1. The van der Waals surface area contributed by atoms with E-state index < -0.39 is 5.97 Å². The number of carbonyl (C=O) groups is 2. The van der Waals surface area contributed by atoms with Crippen LogP contribution in [0.25, 0.3) is 0 Å². The van der Waals surface area contributed by atoms with E-state index in [0.717, 1.165) is 12.8 Å². The summed E-state index contributed by atoms with van der Waals surface area (Å²) in [5, 5.41) is 9.06. The third kappa shape index (κ3) is 3.66. The number of nitrogen functional groups attached to an aromatic ring is 1. The molecule has 1 saturated heterocycles. The van der Waals surface area contributed by atoms with Crippen molar-refractivity contribution < 1.29 is 14.7 Å². The number of nitrogens with two attached hydrogens (primary N) is 1. The van der Waals surface area contributed by atoms with E-state index in [1.807, 2.05) is 0 Å². The lowest BCUT2D eigenvalue weighted by molar-refractivity contribution is -0.137. The van der Waals surface area contributed by atoms with Gasteiger partial charge in [-0.2, -0.15) is 0 Å². The summed E-state index contributed by atoms with van der Waals surface area (Å²) in [4.78, 5) is 28.9. The molecule has 0 saturated carbocycles. The number of anilines is 1. The van der Waals surface area contributed by atoms with Gasteiger partial charge < -0.3 is 15.7 Å². The van der Waals surface area contributed by atoms with Gasteiger partial charge in [0.2, 0.25) is 0 Å². The zero-order valence-electron chi connectivity index (χ0n) is 10.5. The summed E-state index contributed by atoms with van der Waals surface area (Å²) in [5.41, 5.74) is 5.52. The lowest BCUT2D eigenvalue weighted by Crippen LogP contribution is -2.38. The number of carboxylic acids is 1. The summed E-state index contributed by atoms with van der Waals surface area (Å²) in [6.07, 6.45) is 4.16. The molecule has 1 aliphatic rings. The molecule has 1 amide bonds. The first-order valence-corrected chi connectivity index (χ1v) is 7.10. The Balaban J connectivity index is 1.83. The second-order valence-electron chi connectivity index (χ2n) is 4.73. The Kier molecular flexibility index (Phi) is 4.36. The number of thiazole rings is 1. The molecular weight excluding hydrogens is 266 g/mol. The zero-order valence-corrected chi connectivity index (χ0v) is 11.4. The largest absolute Gasteiger partial charge is 0.481 e. The van der Waals surface area contributed by atoms with Crippen molar-refractivity contribution in [2.45, 2.75) is 25.7 Å². The second kappa shape index (κ2) is 6.01. The van der Waals surface area contributed by atoms with E-state index in [0.29, 0.717) is 35.4 Å². The van der Waals surface area contributed by atoms with Gasteiger partial charge in [0.05, 0.1) is 6.20 Å². The number of hydrogen-bond acceptors (Lipinski definition) is 5. The van der Waals surface area contributed by atoms with Crippen LogP contribution in [0.1, 0.15) is 35.4 Å². The van der Waals surface area contributed by atoms with Gasteiger partial charge in [0.1, 0.15) is 4.88 Å². The number of amides is 1. The van der Waals surface area contributed by atoms with E-state index in [9.17, 15) is 9.59 Å². The predicted molar refractivity (Wildman–Crippen MR) is 72.0 cm³/mol. The van der Waals surface area contributed by atoms with Gasteiger partial charge in [-0.05, 0) is 25.2 Å². The van der Waals surface area contributed by atoms with Crippen LogP contribution < -0.4 is 5.73 Å². The number of carbonyl (C=O) groups excluding carboxylic acids is 1. The summed E-state index contributed by atoms with van der Waals surface area (Å²) >= 11 is 1.20. The molecule has 0 radical (unpaired) electrons. The monoisotopic (exact) mass is 283 g/mol. The average Bonchev–Trinajstić information content (AvgIpc) is 2.83. The molecule has 7 heteroatoms. The first kappa shape index (κ1) is 13.8. The van der Waals surface area contributed by atoms with Gasteiger partial charge in [0, 0.05) is 19.5 Å². The molecule has 0 aromatic carbocycles. The van der Waals surface area contributed by atoms with Crippen LogP contribution in [0.2, 0.25) is 0 Å². The number of nitrogens with zero attached hydrogens (tertiary/aromatic N) is 2. The van der Waals surface area contributed by atoms with E-state index in [1.165, 1.54) is 17.5 Å². The number of rotatable bonds is 4. The summed E-state index contributed by atoms with van der Waals surface area (Å²) in [6, 6.07) is 0. The van der Waals surface area contributed by atoms with E-state index in [2.05, 4.69) is 4.98 Å². The maximum Gasteiger partial charge on any atom is 0.303 e. The normalized spacial score (nSPS) is 16.5. The number of likely N-dealkylation sites (tertiary alicyclic amines) is 1. The van der Waals surface area contributed by atoms with Crippen molar-refractivity contribution in [3.63, 3.8) is 0 Å². The molecule has 19 heavy (non-hydrogen) atoms. The molecule has 1 fully saturated rings. The number of carboxylic acid groups (broad SMARTS) is 1. The molecule has 2 heterocycles. The standard InChI is InChI=1S/C12H17N3O3S/c13-12-14-7-9(19-12)11(18)15-5-3-8(4-6-15)1-2-10(16)17/h7-8H,1-6H2,(H2,13,14)(H,16,17). The second-order valence-corrected chi connectivity index (χ2v) is 5.79. The third-order valence-electron chi connectivity index (χ3n) is 3.40. The van der Waals surface area contributed by atoms with E-state index in [-0.39, 0.29) is 12.3 Å². The van der Waals surface area contributed by atoms with Crippen LogP contribution in [-0.4, -0.2) is 40.0 Å². The molecule has 104 valence electrons. The Labute approximate surface area is 115 Å². The molecule has 6 nitrogen and oxygen atoms in total. The van der Waals surface area contributed by atoms with Crippen molar-refractivity contribution in [1.82, 2.24) is 9.88 Å². The maximum atomic E-state index is 12.1. The Hall–Kier alpha value is -1.63. The van der Waals surface area contributed by atoms with E-state index in [4.69, 9.17) is 10.8 Å². The Morgan fingerprint density at radius 2 is 2.16 bits per heavy atom. The fourth-order valence-corrected chi connectivity index (χ4v) is 2.95.